The summed E-state index contributed by atoms with van der Waals surface area (Å²) in [6, 6.07) is 0.132. The van der Waals surface area contributed by atoms with Crippen molar-refractivity contribution in [1.82, 2.24) is 9.97 Å². The fourth-order valence-electron chi connectivity index (χ4n) is 2.29. The highest BCUT2D eigenvalue weighted by Gasteiger charge is 2.30. The number of anilines is 2. The van der Waals surface area contributed by atoms with E-state index >= 15 is 0 Å². The van der Waals surface area contributed by atoms with Crippen molar-refractivity contribution in [2.75, 3.05) is 16.8 Å². The van der Waals surface area contributed by atoms with Gasteiger partial charge in [-0.25, -0.2) is 4.98 Å². The lowest BCUT2D eigenvalue weighted by Crippen LogP contribution is -2.43. The van der Waals surface area contributed by atoms with Gasteiger partial charge in [-0.1, -0.05) is 29.8 Å². The van der Waals surface area contributed by atoms with Crippen LogP contribution >= 0.6 is 15.9 Å². The fourth-order valence-corrected chi connectivity index (χ4v) is 2.74. The molecule has 0 saturated heterocycles. The largest absolute Gasteiger partial charge is 0.369 e. The van der Waals surface area contributed by atoms with E-state index in [1.54, 1.807) is 0 Å². The Balaban J connectivity index is 2.46. The van der Waals surface area contributed by atoms with Crippen molar-refractivity contribution in [3.05, 3.63) is 15.7 Å². The molecule has 1 aliphatic heterocycles. The summed E-state index contributed by atoms with van der Waals surface area (Å²) in [5.74, 6) is 1.91. The lowest BCUT2D eigenvalue weighted by Gasteiger charge is -2.37. The van der Waals surface area contributed by atoms with Crippen LogP contribution in [0.15, 0.2) is 4.48 Å². The van der Waals surface area contributed by atoms with E-state index in [-0.39, 0.29) is 6.04 Å². The molecule has 1 aromatic heterocycles. The summed E-state index contributed by atoms with van der Waals surface area (Å²) < 4.78 is 0.735. The van der Waals surface area contributed by atoms with Crippen molar-refractivity contribution in [3.63, 3.8) is 0 Å². The van der Waals surface area contributed by atoms with E-state index in [9.17, 15) is 5.11 Å². The monoisotopic (exact) mass is 354 g/mol. The lowest BCUT2D eigenvalue weighted by molar-refractivity contribution is 0.203. The van der Waals surface area contributed by atoms with Gasteiger partial charge in [0.25, 0.3) is 0 Å². The average Bonchev–Trinajstić information content (AvgIpc) is 2.38. The molecule has 1 aromatic rings. The van der Waals surface area contributed by atoms with E-state index in [1.165, 1.54) is 0 Å². The first-order valence-electron chi connectivity index (χ1n) is 7.27. The Labute approximate surface area is 134 Å². The summed E-state index contributed by atoms with van der Waals surface area (Å²) in [6.45, 7) is 11.1. The molecule has 2 heterocycles. The van der Waals surface area contributed by atoms with Crippen LogP contribution in [0.2, 0.25) is 0 Å². The number of hydrogen-bond donors (Lipinski definition) is 2. The first-order chi connectivity index (χ1) is 9.81. The molecule has 0 aromatic carbocycles. The molecule has 0 amide bonds. The van der Waals surface area contributed by atoms with Gasteiger partial charge in [0.1, 0.15) is 5.82 Å². The SMILES string of the molecule is Cc1nc(NCC(C)C)nc2c1C=C(Br)C(O)N2C(C)C. The number of fused-ring (bicyclic) bond motifs is 1. The number of rotatable bonds is 4. The summed E-state index contributed by atoms with van der Waals surface area (Å²) in [4.78, 5) is 11.0. The summed E-state index contributed by atoms with van der Waals surface area (Å²) in [7, 11) is 0. The minimum absolute atomic E-state index is 0.132. The molecule has 6 heteroatoms. The normalized spacial score (nSPS) is 18.0. The summed E-state index contributed by atoms with van der Waals surface area (Å²) in [6.07, 6.45) is 1.20. The Hall–Kier alpha value is -1.14. The first kappa shape index (κ1) is 16.2. The Morgan fingerprint density at radius 1 is 1.33 bits per heavy atom. The number of halogens is 1. The van der Waals surface area contributed by atoms with Gasteiger partial charge in [0.05, 0.1) is 5.69 Å². The zero-order chi connectivity index (χ0) is 15.7. The maximum Gasteiger partial charge on any atom is 0.224 e. The number of hydrogen-bond acceptors (Lipinski definition) is 5. The van der Waals surface area contributed by atoms with Crippen LogP contribution in [0.5, 0.6) is 0 Å². The van der Waals surface area contributed by atoms with Crippen molar-refractivity contribution in [2.45, 2.75) is 46.9 Å². The highest BCUT2D eigenvalue weighted by molar-refractivity contribution is 9.11. The van der Waals surface area contributed by atoms with Crippen molar-refractivity contribution < 1.29 is 5.11 Å². The van der Waals surface area contributed by atoms with Crippen LogP contribution < -0.4 is 10.2 Å². The second-order valence-electron chi connectivity index (χ2n) is 6.05. The molecule has 116 valence electrons. The van der Waals surface area contributed by atoms with Gasteiger partial charge in [0, 0.05) is 22.6 Å². The van der Waals surface area contributed by atoms with Crippen molar-refractivity contribution in [2.24, 2.45) is 5.92 Å². The maximum absolute atomic E-state index is 10.4. The number of nitrogens with zero attached hydrogens (tertiary/aromatic N) is 3. The molecule has 0 radical (unpaired) electrons. The molecule has 5 nitrogen and oxygen atoms in total. The van der Waals surface area contributed by atoms with Crippen LogP contribution in [0.3, 0.4) is 0 Å². The molecule has 2 rings (SSSR count). The molecule has 0 saturated carbocycles. The molecular weight excluding hydrogens is 332 g/mol. The smallest absolute Gasteiger partial charge is 0.224 e. The van der Waals surface area contributed by atoms with Gasteiger partial charge in [0.2, 0.25) is 5.95 Å². The van der Waals surface area contributed by atoms with E-state index in [4.69, 9.17) is 0 Å². The van der Waals surface area contributed by atoms with Crippen molar-refractivity contribution >= 4 is 33.8 Å². The van der Waals surface area contributed by atoms with Crippen LogP contribution in [0.1, 0.15) is 39.0 Å². The standard InChI is InChI=1S/C15H23BrN4O/c1-8(2)7-17-15-18-10(5)11-6-12(16)14(21)20(9(3)4)13(11)19-15/h6,8-9,14,21H,7H2,1-5H3,(H,17,18,19). The summed E-state index contributed by atoms with van der Waals surface area (Å²) in [5, 5.41) is 13.6. The highest BCUT2D eigenvalue weighted by atomic mass is 79.9. The third-order valence-corrected chi connectivity index (χ3v) is 4.02. The molecule has 0 bridgehead atoms. The molecule has 0 aliphatic carbocycles. The second kappa shape index (κ2) is 6.32. The van der Waals surface area contributed by atoms with Crippen LogP contribution in [0, 0.1) is 12.8 Å². The first-order valence-corrected chi connectivity index (χ1v) is 8.06. The predicted octanol–water partition coefficient (Wildman–Crippen LogP) is 3.14. The van der Waals surface area contributed by atoms with Gasteiger partial charge in [-0.2, -0.15) is 4.98 Å². The number of nitrogens with one attached hydrogen (secondary N) is 1. The van der Waals surface area contributed by atoms with Crippen molar-refractivity contribution in [1.29, 1.82) is 0 Å². The van der Waals surface area contributed by atoms with Crippen LogP contribution in [-0.2, 0) is 0 Å². The quantitative estimate of drug-likeness (QED) is 0.869. The van der Waals surface area contributed by atoms with Crippen molar-refractivity contribution in [3.8, 4) is 0 Å². The van der Waals surface area contributed by atoms with Gasteiger partial charge >= 0.3 is 0 Å². The Bertz CT molecular complexity index is 557. The van der Waals surface area contributed by atoms with Gasteiger partial charge in [-0.05, 0) is 32.8 Å². The predicted molar refractivity (Wildman–Crippen MR) is 90.6 cm³/mol. The zero-order valence-electron chi connectivity index (χ0n) is 13.2. The van der Waals surface area contributed by atoms with Gasteiger partial charge < -0.3 is 15.3 Å². The van der Waals surface area contributed by atoms with Gasteiger partial charge in [-0.3, -0.25) is 0 Å². The Morgan fingerprint density at radius 3 is 2.57 bits per heavy atom. The van der Waals surface area contributed by atoms with E-state index in [1.807, 2.05) is 31.7 Å². The molecule has 1 aliphatic rings. The third kappa shape index (κ3) is 3.37. The summed E-state index contributed by atoms with van der Waals surface area (Å²) in [5.41, 5.74) is 1.86. The summed E-state index contributed by atoms with van der Waals surface area (Å²) >= 11 is 3.43. The average molecular weight is 355 g/mol. The Morgan fingerprint density at radius 2 is 2.00 bits per heavy atom. The maximum atomic E-state index is 10.4. The molecule has 0 fully saturated rings. The van der Waals surface area contributed by atoms with Crippen LogP contribution in [0.4, 0.5) is 11.8 Å². The van der Waals surface area contributed by atoms with E-state index in [2.05, 4.69) is 45.1 Å². The molecule has 1 unspecified atom stereocenters. The minimum Gasteiger partial charge on any atom is -0.369 e. The number of aromatic nitrogens is 2. The molecular formula is C15H23BrN4O. The number of aliphatic hydroxyl groups excluding tert-OH is 1. The fraction of sp³-hybridized carbons (Fsp3) is 0.600. The molecule has 2 N–H and O–H groups in total. The topological polar surface area (TPSA) is 61.3 Å². The molecule has 0 spiro atoms. The third-order valence-electron chi connectivity index (χ3n) is 3.38. The lowest BCUT2D eigenvalue weighted by atomic mass is 10.1. The Kier molecular flexibility index (Phi) is 4.88. The minimum atomic E-state index is -0.704. The van der Waals surface area contributed by atoms with Crippen LogP contribution in [-0.4, -0.2) is 33.9 Å². The van der Waals surface area contributed by atoms with Gasteiger partial charge in [-0.15, -0.1) is 0 Å². The van der Waals surface area contributed by atoms with E-state index in [0.717, 1.165) is 28.1 Å². The molecule has 21 heavy (non-hydrogen) atoms. The van der Waals surface area contributed by atoms with E-state index < -0.39 is 6.23 Å². The molecule has 1 atom stereocenters. The zero-order valence-corrected chi connectivity index (χ0v) is 14.8. The second-order valence-corrected chi connectivity index (χ2v) is 6.96. The van der Waals surface area contributed by atoms with Gasteiger partial charge in [0.15, 0.2) is 6.23 Å². The van der Waals surface area contributed by atoms with Crippen LogP contribution in [0.25, 0.3) is 6.08 Å². The highest BCUT2D eigenvalue weighted by Crippen LogP contribution is 2.36. The number of aliphatic hydroxyl groups is 1. The van der Waals surface area contributed by atoms with E-state index in [0.29, 0.717) is 11.9 Å². The number of aryl methyl sites for hydroxylation is 1.